The topological polar surface area (TPSA) is 211 Å². The third kappa shape index (κ3) is 12.6. The van der Waals surface area contributed by atoms with Gasteiger partial charge in [0.1, 0.15) is 18.1 Å². The number of carbonyl (C=O) groups is 4. The molecule has 0 spiro atoms. The number of para-hydroxylation sites is 1. The highest BCUT2D eigenvalue weighted by molar-refractivity contribution is 7.85. The molecule has 17 nitrogen and oxygen atoms in total. The molecule has 4 heterocycles. The molecular weight excluding hydrogens is 981 g/mol. The quantitative estimate of drug-likeness (QED) is 0.0257. The van der Waals surface area contributed by atoms with Crippen LogP contribution in [0.5, 0.6) is 11.5 Å². The number of rotatable bonds is 24. The summed E-state index contributed by atoms with van der Waals surface area (Å²) in [7, 11) is -4.44. The normalized spacial score (nSPS) is 19.3. The minimum atomic E-state index is -4.44. The number of unbranched alkanes of at least 4 members (excludes halogenated alkanes) is 2. The van der Waals surface area contributed by atoms with E-state index in [1.54, 1.807) is 13.0 Å². The Bertz CT molecular complexity index is 2900. The van der Waals surface area contributed by atoms with E-state index in [1.165, 1.54) is 17.7 Å². The average Bonchev–Trinajstić information content (AvgIpc) is 3.89. The third-order valence-electron chi connectivity index (χ3n) is 14.9. The Kier molecular flexibility index (Phi) is 17.9. The molecular formula is C57H73N4O13S+. The number of hydrogen-bond acceptors (Lipinski definition) is 13. The molecule has 1 saturated heterocycles. The molecule has 75 heavy (non-hydrogen) atoms. The zero-order chi connectivity index (χ0) is 54.3. The van der Waals surface area contributed by atoms with Gasteiger partial charge in [0.2, 0.25) is 5.69 Å². The van der Waals surface area contributed by atoms with E-state index >= 15 is 0 Å². The van der Waals surface area contributed by atoms with Crippen LogP contribution >= 0.6 is 0 Å². The van der Waals surface area contributed by atoms with E-state index in [9.17, 15) is 37.3 Å². The van der Waals surface area contributed by atoms with Gasteiger partial charge in [0.05, 0.1) is 43.3 Å². The Morgan fingerprint density at radius 1 is 0.800 bits per heavy atom. The first-order chi connectivity index (χ1) is 35.6. The van der Waals surface area contributed by atoms with Gasteiger partial charge in [0, 0.05) is 78.8 Å². The maximum Gasteiger partial charge on any atom is 0.333 e. The standard InChI is InChI=1S/C57H72N4O13S/c1-38-39(2)53-42(40(3)52(38)65)26-27-57(8,73-53)54(66)58-28-31-70-33-35-72-36-34-71-32-30-60-45-18-15-14-17-43(45)55(4,5)47(60)19-11-9-12-20-48-56(6,7)44-37-41(75(67,68)69)22-23-46(44)59(48)29-16-10-13-21-51(64)74-61-49(62)24-25-50(61)63/h9,11-12,14-15,17-20,22-23,37H,10,13,16,21,24-36H2,1-8H3,(H2-,58,65,66,67,68,69)/p+1. The smallest absolute Gasteiger partial charge is 0.333 e. The summed E-state index contributed by atoms with van der Waals surface area (Å²) in [5.41, 5.74) is 7.35. The highest BCUT2D eigenvalue weighted by atomic mass is 32.2. The molecule has 0 bridgehead atoms. The van der Waals surface area contributed by atoms with Crippen LogP contribution in [0.3, 0.4) is 0 Å². The Labute approximate surface area is 440 Å². The number of fused-ring (bicyclic) bond motifs is 3. The second kappa shape index (κ2) is 23.8. The molecule has 3 aromatic carbocycles. The molecule has 0 saturated carbocycles. The molecule has 3 amide bonds. The van der Waals surface area contributed by atoms with Crippen molar-refractivity contribution in [3.63, 3.8) is 0 Å². The zero-order valence-electron chi connectivity index (χ0n) is 44.6. The summed E-state index contributed by atoms with van der Waals surface area (Å²) >= 11 is 0. The second-order valence-corrected chi connectivity index (χ2v) is 22.1. The van der Waals surface area contributed by atoms with Crippen LogP contribution in [-0.4, -0.2) is 122 Å². The number of carbonyl (C=O) groups excluding carboxylic acids is 4. The lowest BCUT2D eigenvalue weighted by atomic mass is 9.81. The molecule has 404 valence electrons. The molecule has 7 rings (SSSR count). The molecule has 4 aliphatic rings. The molecule has 3 aromatic rings. The SMILES string of the molecule is Cc1c(C)c2c(c(C)c1O)CCC(C)(C(=O)NCCOCCOCCOCC[N+]1=C(C=CC=CC=C3N(CCCCCC(=O)ON4C(=O)CCC4=O)c4ccc(S(=O)(=O)O)cc4C3(C)C)C(C)(C)c3ccccc31)O2. The highest BCUT2D eigenvalue weighted by Crippen LogP contribution is 2.49. The minimum absolute atomic E-state index is 0.0306. The second-order valence-electron chi connectivity index (χ2n) is 20.7. The number of benzene rings is 3. The Balaban J connectivity index is 0.886. The first-order valence-electron chi connectivity index (χ1n) is 25.9. The lowest BCUT2D eigenvalue weighted by Gasteiger charge is -2.36. The fourth-order valence-corrected chi connectivity index (χ4v) is 10.9. The molecule has 18 heteroatoms. The van der Waals surface area contributed by atoms with E-state index in [1.807, 2.05) is 65.0 Å². The van der Waals surface area contributed by atoms with Crippen LogP contribution in [0.15, 0.2) is 83.4 Å². The maximum absolute atomic E-state index is 13.2. The number of amides is 3. The molecule has 0 aromatic heterocycles. The maximum atomic E-state index is 13.2. The van der Waals surface area contributed by atoms with Crippen LogP contribution in [0.4, 0.5) is 11.4 Å². The van der Waals surface area contributed by atoms with Gasteiger partial charge in [-0.3, -0.25) is 18.9 Å². The molecule has 0 radical (unpaired) electrons. The summed E-state index contributed by atoms with van der Waals surface area (Å²) < 4.78 is 60.4. The number of ether oxygens (including phenoxy) is 4. The Hall–Kier alpha value is -6.18. The summed E-state index contributed by atoms with van der Waals surface area (Å²) in [5.74, 6) is -0.909. The first kappa shape index (κ1) is 56.5. The van der Waals surface area contributed by atoms with Gasteiger partial charge in [-0.2, -0.15) is 13.0 Å². The van der Waals surface area contributed by atoms with Crippen LogP contribution in [0.2, 0.25) is 0 Å². The van der Waals surface area contributed by atoms with Gasteiger partial charge in [-0.05, 0) is 107 Å². The molecule has 1 fully saturated rings. The number of imide groups is 1. The van der Waals surface area contributed by atoms with Crippen LogP contribution in [0.25, 0.3) is 0 Å². The van der Waals surface area contributed by atoms with E-state index in [0.29, 0.717) is 102 Å². The van der Waals surface area contributed by atoms with E-state index in [2.05, 4.69) is 52.9 Å². The number of anilines is 1. The van der Waals surface area contributed by atoms with E-state index < -0.39 is 38.9 Å². The lowest BCUT2D eigenvalue weighted by molar-refractivity contribution is -0.442. The van der Waals surface area contributed by atoms with Gasteiger partial charge in [-0.15, -0.1) is 5.06 Å². The predicted octanol–water partition coefficient (Wildman–Crippen LogP) is 7.85. The van der Waals surface area contributed by atoms with Crippen LogP contribution < -0.4 is 15.0 Å². The molecule has 1 atom stereocenters. The number of phenols is 1. The lowest BCUT2D eigenvalue weighted by Crippen LogP contribution is -2.51. The number of hydrogen-bond donors (Lipinski definition) is 3. The molecule has 3 N–H and O–H groups in total. The number of nitrogens with zero attached hydrogens (tertiary/aromatic N) is 3. The fourth-order valence-electron chi connectivity index (χ4n) is 10.3. The van der Waals surface area contributed by atoms with Gasteiger partial charge in [0.15, 0.2) is 17.9 Å². The van der Waals surface area contributed by atoms with Crippen LogP contribution in [0.1, 0.15) is 113 Å². The van der Waals surface area contributed by atoms with Crippen molar-refractivity contribution in [1.82, 2.24) is 10.4 Å². The zero-order valence-corrected chi connectivity index (χ0v) is 45.4. The van der Waals surface area contributed by atoms with E-state index in [-0.39, 0.29) is 41.2 Å². The van der Waals surface area contributed by atoms with Crippen molar-refractivity contribution < 1.29 is 65.6 Å². The Morgan fingerprint density at radius 3 is 2.19 bits per heavy atom. The van der Waals surface area contributed by atoms with Crippen molar-refractivity contribution in [3.05, 3.63) is 112 Å². The number of phenolic OH excluding ortho intramolecular Hbond substituents is 1. The average molecular weight is 1050 g/mol. The number of nitrogens with one attached hydrogen (secondary N) is 1. The summed E-state index contributed by atoms with van der Waals surface area (Å²) in [6.45, 7) is 19.7. The van der Waals surface area contributed by atoms with Gasteiger partial charge in [-0.1, -0.05) is 56.7 Å². The van der Waals surface area contributed by atoms with Gasteiger partial charge in [0.25, 0.3) is 27.8 Å². The van der Waals surface area contributed by atoms with Gasteiger partial charge >= 0.3 is 5.97 Å². The van der Waals surface area contributed by atoms with Gasteiger partial charge < -0.3 is 39.1 Å². The number of aromatic hydroxyl groups is 1. The van der Waals surface area contributed by atoms with Crippen LogP contribution in [-0.2, 0) is 65.6 Å². The monoisotopic (exact) mass is 1050 g/mol. The summed E-state index contributed by atoms with van der Waals surface area (Å²) in [6.07, 6.45) is 13.1. The number of allylic oxidation sites excluding steroid dienone is 6. The van der Waals surface area contributed by atoms with Crippen molar-refractivity contribution in [1.29, 1.82) is 0 Å². The van der Waals surface area contributed by atoms with Crippen molar-refractivity contribution in [3.8, 4) is 11.5 Å². The van der Waals surface area contributed by atoms with Crippen molar-refractivity contribution >= 4 is 50.9 Å². The highest BCUT2D eigenvalue weighted by Gasteiger charge is 2.45. The number of hydroxylamine groups is 2. The van der Waals surface area contributed by atoms with Gasteiger partial charge in [-0.25, -0.2) is 4.79 Å². The van der Waals surface area contributed by atoms with Crippen molar-refractivity contribution in [2.24, 2.45) is 0 Å². The molecule has 4 aliphatic heterocycles. The minimum Gasteiger partial charge on any atom is -0.507 e. The Morgan fingerprint density at radius 2 is 1.48 bits per heavy atom. The van der Waals surface area contributed by atoms with Crippen LogP contribution in [0, 0.1) is 20.8 Å². The summed E-state index contributed by atoms with van der Waals surface area (Å²) in [5, 5.41) is 14.0. The van der Waals surface area contributed by atoms with E-state index in [0.717, 1.165) is 50.6 Å². The molecule has 1 unspecified atom stereocenters. The largest absolute Gasteiger partial charge is 0.507 e. The first-order valence-corrected chi connectivity index (χ1v) is 27.3. The van der Waals surface area contributed by atoms with Crippen molar-refractivity contribution in [2.75, 3.05) is 64.2 Å². The summed E-state index contributed by atoms with van der Waals surface area (Å²) in [4.78, 5) is 56.3. The fraction of sp³-hybridized carbons (Fsp3) is 0.491. The van der Waals surface area contributed by atoms with E-state index in [4.69, 9.17) is 23.8 Å². The summed E-state index contributed by atoms with van der Waals surface area (Å²) in [6, 6.07) is 13.0. The third-order valence-corrected chi connectivity index (χ3v) is 15.7. The molecule has 0 aliphatic carbocycles. The van der Waals surface area contributed by atoms with Crippen molar-refractivity contribution in [2.45, 2.75) is 128 Å². The predicted molar refractivity (Wildman–Crippen MR) is 283 cm³/mol.